The van der Waals surface area contributed by atoms with Gasteiger partial charge in [0, 0.05) is 6.54 Å². The summed E-state index contributed by atoms with van der Waals surface area (Å²) in [4.78, 5) is 24.5. The molecule has 0 aliphatic carbocycles. The summed E-state index contributed by atoms with van der Waals surface area (Å²) in [5.41, 5.74) is 0.697. The van der Waals surface area contributed by atoms with Crippen LogP contribution in [0.1, 0.15) is 18.5 Å². The van der Waals surface area contributed by atoms with E-state index in [1.165, 1.54) is 17.0 Å². The Labute approximate surface area is 92.7 Å². The lowest BCUT2D eigenvalue weighted by Crippen LogP contribution is -2.29. The normalized spacial score (nSPS) is 20.1. The Kier molecular flexibility index (Phi) is 2.52. The van der Waals surface area contributed by atoms with E-state index in [4.69, 9.17) is 5.11 Å². The van der Waals surface area contributed by atoms with Crippen molar-refractivity contribution in [1.29, 1.82) is 0 Å². The first kappa shape index (κ1) is 10.5. The van der Waals surface area contributed by atoms with Gasteiger partial charge < -0.3 is 10.0 Å². The molecule has 1 aliphatic rings. The van der Waals surface area contributed by atoms with E-state index in [2.05, 4.69) is 5.32 Å². The Morgan fingerprint density at radius 3 is 2.50 bits per heavy atom. The molecule has 1 heterocycles. The van der Waals surface area contributed by atoms with Gasteiger partial charge in [-0.1, -0.05) is 12.1 Å². The summed E-state index contributed by atoms with van der Waals surface area (Å²) in [5, 5.41) is 11.4. The number of carbonyl (C=O) groups excluding carboxylic acids is 2. The molecule has 0 bridgehead atoms. The number of aromatic hydroxyl groups is 1. The second-order valence-corrected chi connectivity index (χ2v) is 3.57. The highest BCUT2D eigenvalue weighted by atomic mass is 16.3. The zero-order valence-electron chi connectivity index (χ0n) is 8.80. The van der Waals surface area contributed by atoms with Gasteiger partial charge in [0.2, 0.25) is 0 Å². The first-order valence-corrected chi connectivity index (χ1v) is 5.04. The zero-order chi connectivity index (χ0) is 11.7. The van der Waals surface area contributed by atoms with Crippen LogP contribution in [0.5, 0.6) is 5.75 Å². The van der Waals surface area contributed by atoms with Crippen molar-refractivity contribution >= 4 is 11.9 Å². The number of phenols is 1. The minimum Gasteiger partial charge on any atom is -0.508 e. The second kappa shape index (κ2) is 3.84. The van der Waals surface area contributed by atoms with Gasteiger partial charge in [0.15, 0.2) is 0 Å². The number of imide groups is 1. The quantitative estimate of drug-likeness (QED) is 0.730. The number of likely N-dealkylation sites (N-methyl/N-ethyl adjacent to an activating group) is 1. The van der Waals surface area contributed by atoms with E-state index >= 15 is 0 Å². The van der Waals surface area contributed by atoms with E-state index in [0.717, 1.165) is 0 Å². The summed E-state index contributed by atoms with van der Waals surface area (Å²) in [6, 6.07) is 5.32. The number of carbonyl (C=O) groups is 2. The molecule has 1 atom stereocenters. The fourth-order valence-corrected chi connectivity index (χ4v) is 1.82. The summed E-state index contributed by atoms with van der Waals surface area (Å²) < 4.78 is 0. The first-order chi connectivity index (χ1) is 7.63. The topological polar surface area (TPSA) is 69.6 Å². The van der Waals surface area contributed by atoms with Crippen LogP contribution in [0.25, 0.3) is 0 Å². The number of phenolic OH excluding ortho intramolecular Hbond substituents is 1. The van der Waals surface area contributed by atoms with E-state index in [-0.39, 0.29) is 17.7 Å². The Balaban J connectivity index is 2.35. The molecule has 0 aromatic heterocycles. The number of nitrogens with one attached hydrogen (secondary N) is 1. The molecule has 0 spiro atoms. The molecule has 1 aromatic rings. The van der Waals surface area contributed by atoms with Crippen molar-refractivity contribution in [3.05, 3.63) is 29.8 Å². The summed E-state index contributed by atoms with van der Waals surface area (Å²) in [5.74, 6) is -0.186. The largest absolute Gasteiger partial charge is 0.508 e. The second-order valence-electron chi connectivity index (χ2n) is 3.57. The molecular weight excluding hydrogens is 208 g/mol. The van der Waals surface area contributed by atoms with E-state index in [9.17, 15) is 9.59 Å². The molecule has 5 heteroatoms. The SMILES string of the molecule is CCN1C(=O)NC(=O)C1c1ccc(O)cc1. The third kappa shape index (κ3) is 1.60. The van der Waals surface area contributed by atoms with Gasteiger partial charge in [-0.05, 0) is 24.6 Å². The van der Waals surface area contributed by atoms with Crippen molar-refractivity contribution in [1.82, 2.24) is 10.2 Å². The van der Waals surface area contributed by atoms with Crippen LogP contribution in [-0.4, -0.2) is 28.5 Å². The predicted octanol–water partition coefficient (Wildman–Crippen LogP) is 1.00. The Hall–Kier alpha value is -2.04. The highest BCUT2D eigenvalue weighted by Crippen LogP contribution is 2.26. The number of amides is 3. The number of hydrogen-bond acceptors (Lipinski definition) is 3. The van der Waals surface area contributed by atoms with Gasteiger partial charge in [-0.2, -0.15) is 0 Å². The summed E-state index contributed by atoms with van der Waals surface area (Å²) in [7, 11) is 0. The first-order valence-electron chi connectivity index (χ1n) is 5.04. The smallest absolute Gasteiger partial charge is 0.325 e. The molecule has 1 unspecified atom stereocenters. The van der Waals surface area contributed by atoms with Crippen LogP contribution in [0.4, 0.5) is 4.79 Å². The van der Waals surface area contributed by atoms with Gasteiger partial charge in [0.25, 0.3) is 5.91 Å². The number of rotatable bonds is 2. The molecule has 84 valence electrons. The molecule has 0 radical (unpaired) electrons. The van der Waals surface area contributed by atoms with Crippen LogP contribution in [0.2, 0.25) is 0 Å². The highest BCUT2D eigenvalue weighted by molar-refractivity contribution is 6.04. The molecule has 1 aliphatic heterocycles. The van der Waals surface area contributed by atoms with E-state index < -0.39 is 6.04 Å². The highest BCUT2D eigenvalue weighted by Gasteiger charge is 2.38. The van der Waals surface area contributed by atoms with Crippen molar-refractivity contribution in [3.63, 3.8) is 0 Å². The van der Waals surface area contributed by atoms with Gasteiger partial charge in [-0.25, -0.2) is 4.79 Å². The molecule has 2 N–H and O–H groups in total. The summed E-state index contributed by atoms with van der Waals surface area (Å²) in [6.45, 7) is 2.27. The fraction of sp³-hybridized carbons (Fsp3) is 0.273. The molecule has 0 saturated carbocycles. The maximum atomic E-state index is 11.6. The van der Waals surface area contributed by atoms with Crippen molar-refractivity contribution in [3.8, 4) is 5.75 Å². The lowest BCUT2D eigenvalue weighted by Gasteiger charge is -2.19. The van der Waals surface area contributed by atoms with Gasteiger partial charge in [0.1, 0.15) is 11.8 Å². The average Bonchev–Trinajstić information content (AvgIpc) is 2.54. The van der Waals surface area contributed by atoms with Gasteiger partial charge in [0.05, 0.1) is 0 Å². The van der Waals surface area contributed by atoms with Crippen LogP contribution in [0.15, 0.2) is 24.3 Å². The third-order valence-corrected chi connectivity index (χ3v) is 2.60. The minimum atomic E-state index is -0.585. The molecule has 3 amide bonds. The zero-order valence-corrected chi connectivity index (χ0v) is 8.80. The standard InChI is InChI=1S/C11H12N2O3/c1-2-13-9(10(15)12-11(13)16)7-3-5-8(14)6-4-7/h3-6,9,14H,2H2,1H3,(H,12,15,16). The number of hydrogen-bond donors (Lipinski definition) is 2. The third-order valence-electron chi connectivity index (χ3n) is 2.60. The van der Waals surface area contributed by atoms with Crippen LogP contribution < -0.4 is 5.32 Å². The maximum absolute atomic E-state index is 11.6. The molecule has 16 heavy (non-hydrogen) atoms. The van der Waals surface area contributed by atoms with Crippen LogP contribution in [0, 0.1) is 0 Å². The summed E-state index contributed by atoms with van der Waals surface area (Å²) >= 11 is 0. The lowest BCUT2D eigenvalue weighted by molar-refractivity contribution is -0.121. The lowest BCUT2D eigenvalue weighted by atomic mass is 10.1. The van der Waals surface area contributed by atoms with Gasteiger partial charge in [-0.15, -0.1) is 0 Å². The Morgan fingerprint density at radius 1 is 1.31 bits per heavy atom. The Bertz CT molecular complexity index is 427. The number of benzene rings is 1. The monoisotopic (exact) mass is 220 g/mol. The molecular formula is C11H12N2O3. The minimum absolute atomic E-state index is 0.136. The van der Waals surface area contributed by atoms with Crippen LogP contribution >= 0.6 is 0 Å². The molecule has 2 rings (SSSR count). The molecule has 1 aromatic carbocycles. The van der Waals surface area contributed by atoms with Crippen molar-refractivity contribution in [2.24, 2.45) is 0 Å². The van der Waals surface area contributed by atoms with Crippen LogP contribution in [-0.2, 0) is 4.79 Å². The molecule has 5 nitrogen and oxygen atoms in total. The predicted molar refractivity (Wildman–Crippen MR) is 56.8 cm³/mol. The van der Waals surface area contributed by atoms with E-state index in [0.29, 0.717) is 12.1 Å². The maximum Gasteiger partial charge on any atom is 0.325 e. The molecule has 1 saturated heterocycles. The number of urea groups is 1. The van der Waals surface area contributed by atoms with E-state index in [1.807, 2.05) is 6.92 Å². The van der Waals surface area contributed by atoms with Crippen LogP contribution in [0.3, 0.4) is 0 Å². The number of nitrogens with zero attached hydrogens (tertiary/aromatic N) is 1. The van der Waals surface area contributed by atoms with Crippen molar-refractivity contribution < 1.29 is 14.7 Å². The Morgan fingerprint density at radius 2 is 1.94 bits per heavy atom. The average molecular weight is 220 g/mol. The molecule has 1 fully saturated rings. The summed E-state index contributed by atoms with van der Waals surface area (Å²) in [6.07, 6.45) is 0. The van der Waals surface area contributed by atoms with Crippen molar-refractivity contribution in [2.75, 3.05) is 6.54 Å². The van der Waals surface area contributed by atoms with Crippen molar-refractivity contribution in [2.45, 2.75) is 13.0 Å². The van der Waals surface area contributed by atoms with E-state index in [1.54, 1.807) is 12.1 Å². The van der Waals surface area contributed by atoms with Gasteiger partial charge >= 0.3 is 6.03 Å². The fourth-order valence-electron chi connectivity index (χ4n) is 1.82. The van der Waals surface area contributed by atoms with Gasteiger partial charge in [-0.3, -0.25) is 10.1 Å².